The third kappa shape index (κ3) is 4.83. The molecule has 22 heavy (non-hydrogen) atoms. The lowest BCUT2D eigenvalue weighted by molar-refractivity contribution is -0.146. The minimum absolute atomic E-state index is 0.228. The van der Waals surface area contributed by atoms with Gasteiger partial charge in [-0.3, -0.25) is 4.90 Å². The summed E-state index contributed by atoms with van der Waals surface area (Å²) in [6, 6.07) is 1.92. The molecule has 1 atom stereocenters. The second kappa shape index (κ2) is 6.81. The highest BCUT2D eigenvalue weighted by atomic mass is 19.4. The fourth-order valence-corrected chi connectivity index (χ4v) is 2.94. The van der Waals surface area contributed by atoms with E-state index in [1.165, 1.54) is 4.90 Å². The summed E-state index contributed by atoms with van der Waals surface area (Å²) in [6.07, 6.45) is -3.25. The summed E-state index contributed by atoms with van der Waals surface area (Å²) < 4.78 is 37.6. The third-order valence-electron chi connectivity index (χ3n) is 3.91. The van der Waals surface area contributed by atoms with E-state index in [0.717, 1.165) is 30.9 Å². The Morgan fingerprint density at radius 2 is 1.91 bits per heavy atom. The number of halogens is 3. The van der Waals surface area contributed by atoms with Crippen molar-refractivity contribution < 1.29 is 13.2 Å². The van der Waals surface area contributed by atoms with Crippen LogP contribution in [0.1, 0.15) is 24.7 Å². The third-order valence-corrected chi connectivity index (χ3v) is 3.91. The standard InChI is InChI=1S/C15H23F3N4/c1-4-21(10-15(16,17)18)8-13-5-6-22(9-13)14-19-11(2)7-12(3)20-14/h7,13H,4-6,8-10H2,1-3H3. The van der Waals surface area contributed by atoms with Crippen molar-refractivity contribution in [1.29, 1.82) is 0 Å². The molecule has 2 rings (SSSR count). The van der Waals surface area contributed by atoms with E-state index in [9.17, 15) is 13.2 Å². The van der Waals surface area contributed by atoms with Gasteiger partial charge in [0.15, 0.2) is 0 Å². The summed E-state index contributed by atoms with van der Waals surface area (Å²) in [7, 11) is 0. The minimum atomic E-state index is -4.13. The summed E-state index contributed by atoms with van der Waals surface area (Å²) in [4.78, 5) is 12.4. The molecule has 1 aromatic heterocycles. The van der Waals surface area contributed by atoms with Crippen LogP contribution in [0.15, 0.2) is 6.07 Å². The molecule has 0 amide bonds. The van der Waals surface area contributed by atoms with E-state index < -0.39 is 12.7 Å². The summed E-state index contributed by atoms with van der Waals surface area (Å²) in [5.41, 5.74) is 1.83. The van der Waals surface area contributed by atoms with Crippen LogP contribution in [0.5, 0.6) is 0 Å². The van der Waals surface area contributed by atoms with Gasteiger partial charge in [-0.15, -0.1) is 0 Å². The van der Waals surface area contributed by atoms with Crippen LogP contribution in [0.4, 0.5) is 19.1 Å². The van der Waals surface area contributed by atoms with Gasteiger partial charge in [-0.25, -0.2) is 9.97 Å². The van der Waals surface area contributed by atoms with Gasteiger partial charge in [0.05, 0.1) is 6.54 Å². The maximum atomic E-state index is 12.5. The first-order valence-electron chi connectivity index (χ1n) is 7.63. The van der Waals surface area contributed by atoms with Gasteiger partial charge in [0.2, 0.25) is 5.95 Å². The molecule has 0 aliphatic carbocycles. The number of hydrogen-bond acceptors (Lipinski definition) is 4. The molecule has 0 spiro atoms. The highest BCUT2D eigenvalue weighted by molar-refractivity contribution is 5.33. The highest BCUT2D eigenvalue weighted by Crippen LogP contribution is 2.24. The molecule has 124 valence electrons. The maximum absolute atomic E-state index is 12.5. The molecule has 0 saturated carbocycles. The summed E-state index contributed by atoms with van der Waals surface area (Å²) in [5, 5.41) is 0. The Labute approximate surface area is 129 Å². The van der Waals surface area contributed by atoms with Crippen molar-refractivity contribution in [3.05, 3.63) is 17.5 Å². The van der Waals surface area contributed by atoms with Gasteiger partial charge < -0.3 is 4.90 Å². The zero-order valence-electron chi connectivity index (χ0n) is 13.3. The Morgan fingerprint density at radius 1 is 1.27 bits per heavy atom. The number of hydrogen-bond donors (Lipinski definition) is 0. The first-order valence-corrected chi connectivity index (χ1v) is 7.63. The first kappa shape index (κ1) is 17.0. The predicted molar refractivity (Wildman–Crippen MR) is 80.0 cm³/mol. The van der Waals surface area contributed by atoms with Crippen LogP contribution in [0.2, 0.25) is 0 Å². The lowest BCUT2D eigenvalue weighted by atomic mass is 10.1. The van der Waals surface area contributed by atoms with Gasteiger partial charge in [-0.2, -0.15) is 13.2 Å². The summed E-state index contributed by atoms with van der Waals surface area (Å²) in [5.74, 6) is 0.922. The molecule has 1 aliphatic rings. The molecule has 0 aromatic carbocycles. The quantitative estimate of drug-likeness (QED) is 0.836. The maximum Gasteiger partial charge on any atom is 0.401 e. The normalized spacial score (nSPS) is 19.2. The fraction of sp³-hybridized carbons (Fsp3) is 0.733. The monoisotopic (exact) mass is 316 g/mol. The van der Waals surface area contributed by atoms with Crippen molar-refractivity contribution in [2.45, 2.75) is 33.4 Å². The molecule has 1 fully saturated rings. The molecule has 2 heterocycles. The minimum Gasteiger partial charge on any atom is -0.340 e. The summed E-state index contributed by atoms with van der Waals surface area (Å²) >= 11 is 0. The van der Waals surface area contributed by atoms with E-state index in [-0.39, 0.29) is 5.92 Å². The lowest BCUT2D eigenvalue weighted by Gasteiger charge is -2.25. The second-order valence-electron chi connectivity index (χ2n) is 5.99. The van der Waals surface area contributed by atoms with Crippen molar-refractivity contribution in [3.8, 4) is 0 Å². The van der Waals surface area contributed by atoms with E-state index in [1.54, 1.807) is 6.92 Å². The van der Waals surface area contributed by atoms with E-state index >= 15 is 0 Å². The molecule has 1 aromatic rings. The molecule has 4 nitrogen and oxygen atoms in total. The lowest BCUT2D eigenvalue weighted by Crippen LogP contribution is -2.38. The van der Waals surface area contributed by atoms with Crippen molar-refractivity contribution in [1.82, 2.24) is 14.9 Å². The zero-order chi connectivity index (χ0) is 16.3. The SMILES string of the molecule is CCN(CC1CCN(c2nc(C)cc(C)n2)C1)CC(F)(F)F. The zero-order valence-corrected chi connectivity index (χ0v) is 13.3. The number of aryl methyl sites for hydroxylation is 2. The Morgan fingerprint density at radius 3 is 2.45 bits per heavy atom. The molecule has 1 saturated heterocycles. The number of alkyl halides is 3. The second-order valence-corrected chi connectivity index (χ2v) is 5.99. The van der Waals surface area contributed by atoms with Gasteiger partial charge in [0.25, 0.3) is 0 Å². The predicted octanol–water partition coefficient (Wildman–Crippen LogP) is 2.80. The average Bonchev–Trinajstić information content (AvgIpc) is 2.83. The largest absolute Gasteiger partial charge is 0.401 e. The molecule has 7 heteroatoms. The molecule has 0 bridgehead atoms. The fourth-order valence-electron chi connectivity index (χ4n) is 2.94. The summed E-state index contributed by atoms with van der Waals surface area (Å²) in [6.45, 7) is 7.19. The Kier molecular flexibility index (Phi) is 5.26. The van der Waals surface area contributed by atoms with Crippen LogP contribution >= 0.6 is 0 Å². The molecular weight excluding hydrogens is 293 g/mol. The van der Waals surface area contributed by atoms with E-state index in [0.29, 0.717) is 19.0 Å². The first-order chi connectivity index (χ1) is 10.3. The van der Waals surface area contributed by atoms with E-state index in [1.807, 2.05) is 19.9 Å². The van der Waals surface area contributed by atoms with Crippen LogP contribution in [0.25, 0.3) is 0 Å². The molecular formula is C15H23F3N4. The van der Waals surface area contributed by atoms with Gasteiger partial charge in [0, 0.05) is 31.0 Å². The van der Waals surface area contributed by atoms with Gasteiger partial charge in [-0.05, 0) is 38.8 Å². The smallest absolute Gasteiger partial charge is 0.340 e. The Balaban J connectivity index is 1.94. The van der Waals surface area contributed by atoms with Crippen LogP contribution in [-0.2, 0) is 0 Å². The van der Waals surface area contributed by atoms with Gasteiger partial charge >= 0.3 is 6.18 Å². The van der Waals surface area contributed by atoms with Crippen LogP contribution in [0.3, 0.4) is 0 Å². The highest BCUT2D eigenvalue weighted by Gasteiger charge is 2.32. The molecule has 0 N–H and O–H groups in total. The molecule has 1 unspecified atom stereocenters. The van der Waals surface area contributed by atoms with Crippen molar-refractivity contribution in [2.75, 3.05) is 37.6 Å². The van der Waals surface area contributed by atoms with Gasteiger partial charge in [0.1, 0.15) is 0 Å². The van der Waals surface area contributed by atoms with Crippen LogP contribution in [-0.4, -0.2) is 53.8 Å². The number of rotatable bonds is 5. The van der Waals surface area contributed by atoms with Crippen molar-refractivity contribution in [3.63, 3.8) is 0 Å². The number of nitrogens with zero attached hydrogens (tertiary/aromatic N) is 4. The molecule has 0 radical (unpaired) electrons. The van der Waals surface area contributed by atoms with Gasteiger partial charge in [-0.1, -0.05) is 6.92 Å². The van der Waals surface area contributed by atoms with E-state index in [2.05, 4.69) is 14.9 Å². The number of aromatic nitrogens is 2. The Bertz CT molecular complexity index is 484. The molecule has 1 aliphatic heterocycles. The van der Waals surface area contributed by atoms with Crippen LogP contribution < -0.4 is 4.90 Å². The number of anilines is 1. The average molecular weight is 316 g/mol. The van der Waals surface area contributed by atoms with E-state index in [4.69, 9.17) is 0 Å². The van der Waals surface area contributed by atoms with Crippen molar-refractivity contribution in [2.24, 2.45) is 5.92 Å². The Hall–Kier alpha value is -1.37. The van der Waals surface area contributed by atoms with Crippen LogP contribution in [0, 0.1) is 19.8 Å². The van der Waals surface area contributed by atoms with Crippen molar-refractivity contribution >= 4 is 5.95 Å². The topological polar surface area (TPSA) is 32.3 Å².